The zero-order chi connectivity index (χ0) is 12.0. The molecule has 1 aromatic rings. The number of nitrogens with zero attached hydrogens (tertiary/aromatic N) is 2. The molecule has 0 atom stereocenters. The maximum absolute atomic E-state index is 9.06. The summed E-state index contributed by atoms with van der Waals surface area (Å²) in [6.07, 6.45) is 1.02. The van der Waals surface area contributed by atoms with Crippen molar-refractivity contribution in [3.05, 3.63) is 23.4 Å². The standard InChI is InChI=1S/C12H20N2O2/c1-3-6-14(7-8-15)12-5-4-11(9-16)10(2)13-12/h4-5,15-16H,3,6-9H2,1-2H3. The van der Waals surface area contributed by atoms with Crippen LogP contribution in [0.2, 0.25) is 0 Å². The Morgan fingerprint density at radius 1 is 1.25 bits per heavy atom. The Morgan fingerprint density at radius 2 is 2.00 bits per heavy atom. The second-order valence-corrected chi connectivity index (χ2v) is 3.78. The van der Waals surface area contributed by atoms with Crippen LogP contribution in [0.1, 0.15) is 24.6 Å². The van der Waals surface area contributed by atoms with E-state index in [2.05, 4.69) is 11.9 Å². The Labute approximate surface area is 96.6 Å². The van der Waals surface area contributed by atoms with E-state index in [1.54, 1.807) is 0 Å². The van der Waals surface area contributed by atoms with Gasteiger partial charge in [-0.1, -0.05) is 13.0 Å². The molecule has 0 unspecified atom stereocenters. The van der Waals surface area contributed by atoms with E-state index in [-0.39, 0.29) is 13.2 Å². The lowest BCUT2D eigenvalue weighted by molar-refractivity contribution is 0.280. The Hall–Kier alpha value is -1.13. The Kier molecular flexibility index (Phi) is 5.22. The van der Waals surface area contributed by atoms with E-state index < -0.39 is 0 Å². The molecule has 0 bridgehead atoms. The van der Waals surface area contributed by atoms with Gasteiger partial charge < -0.3 is 15.1 Å². The zero-order valence-electron chi connectivity index (χ0n) is 9.98. The van der Waals surface area contributed by atoms with Crippen LogP contribution in [0, 0.1) is 6.92 Å². The lowest BCUT2D eigenvalue weighted by Gasteiger charge is -2.22. The SMILES string of the molecule is CCCN(CCO)c1ccc(CO)c(C)n1. The van der Waals surface area contributed by atoms with Crippen molar-refractivity contribution < 1.29 is 10.2 Å². The third-order valence-electron chi connectivity index (χ3n) is 2.54. The minimum absolute atomic E-state index is 0.0207. The second-order valence-electron chi connectivity index (χ2n) is 3.78. The summed E-state index contributed by atoms with van der Waals surface area (Å²) in [5, 5.41) is 18.0. The minimum atomic E-state index is 0.0207. The van der Waals surface area contributed by atoms with Crippen molar-refractivity contribution in [2.45, 2.75) is 26.9 Å². The molecule has 90 valence electrons. The maximum atomic E-state index is 9.06. The predicted molar refractivity (Wildman–Crippen MR) is 64.5 cm³/mol. The number of aliphatic hydroxyl groups excluding tert-OH is 2. The van der Waals surface area contributed by atoms with Crippen molar-refractivity contribution in [3.8, 4) is 0 Å². The first-order valence-corrected chi connectivity index (χ1v) is 5.66. The molecule has 0 spiro atoms. The first-order chi connectivity index (χ1) is 7.72. The average Bonchev–Trinajstić information content (AvgIpc) is 2.28. The minimum Gasteiger partial charge on any atom is -0.395 e. The van der Waals surface area contributed by atoms with Gasteiger partial charge in [-0.15, -0.1) is 0 Å². The van der Waals surface area contributed by atoms with E-state index in [1.807, 2.05) is 24.0 Å². The van der Waals surface area contributed by atoms with E-state index in [4.69, 9.17) is 10.2 Å². The van der Waals surface area contributed by atoms with Crippen LogP contribution in [-0.2, 0) is 6.61 Å². The van der Waals surface area contributed by atoms with E-state index >= 15 is 0 Å². The van der Waals surface area contributed by atoms with Gasteiger partial charge in [0.05, 0.1) is 13.2 Å². The van der Waals surface area contributed by atoms with E-state index in [1.165, 1.54) is 0 Å². The molecule has 0 aliphatic carbocycles. The Morgan fingerprint density at radius 3 is 2.50 bits per heavy atom. The number of hydrogen-bond acceptors (Lipinski definition) is 4. The highest BCUT2D eigenvalue weighted by Crippen LogP contribution is 2.15. The van der Waals surface area contributed by atoms with Crippen LogP contribution in [0.15, 0.2) is 12.1 Å². The van der Waals surface area contributed by atoms with E-state index in [9.17, 15) is 0 Å². The molecule has 0 aliphatic heterocycles. The molecule has 4 heteroatoms. The summed E-state index contributed by atoms with van der Waals surface area (Å²) in [7, 11) is 0. The molecule has 0 aliphatic rings. The molecule has 2 N–H and O–H groups in total. The van der Waals surface area contributed by atoms with Gasteiger partial charge in [-0.2, -0.15) is 0 Å². The van der Waals surface area contributed by atoms with Gasteiger partial charge in [0.1, 0.15) is 5.82 Å². The maximum Gasteiger partial charge on any atom is 0.128 e. The molecule has 0 amide bonds. The van der Waals surface area contributed by atoms with Gasteiger partial charge in [0.25, 0.3) is 0 Å². The zero-order valence-corrected chi connectivity index (χ0v) is 9.98. The lowest BCUT2D eigenvalue weighted by Crippen LogP contribution is -2.28. The van der Waals surface area contributed by atoms with Gasteiger partial charge in [-0.25, -0.2) is 4.98 Å². The molecule has 4 nitrogen and oxygen atoms in total. The quantitative estimate of drug-likeness (QED) is 0.759. The molecule has 0 aromatic carbocycles. The van der Waals surface area contributed by atoms with E-state index in [0.29, 0.717) is 6.54 Å². The number of pyridine rings is 1. The summed E-state index contributed by atoms with van der Waals surface area (Å²) in [5.41, 5.74) is 1.70. The van der Waals surface area contributed by atoms with Crippen molar-refractivity contribution in [2.75, 3.05) is 24.6 Å². The molecule has 0 saturated heterocycles. The molecule has 0 fully saturated rings. The molecule has 1 heterocycles. The van der Waals surface area contributed by atoms with Crippen molar-refractivity contribution in [1.29, 1.82) is 0 Å². The van der Waals surface area contributed by atoms with Crippen LogP contribution in [-0.4, -0.2) is 34.9 Å². The summed E-state index contributed by atoms with van der Waals surface area (Å²) < 4.78 is 0. The van der Waals surface area contributed by atoms with E-state index in [0.717, 1.165) is 30.0 Å². The highest BCUT2D eigenvalue weighted by molar-refractivity contribution is 5.41. The topological polar surface area (TPSA) is 56.6 Å². The molecule has 0 saturated carbocycles. The lowest BCUT2D eigenvalue weighted by atomic mass is 10.2. The summed E-state index contributed by atoms with van der Waals surface area (Å²) in [5.74, 6) is 0.866. The number of aryl methyl sites for hydroxylation is 1. The summed E-state index contributed by atoms with van der Waals surface area (Å²) in [6.45, 7) is 5.61. The van der Waals surface area contributed by atoms with Crippen LogP contribution < -0.4 is 4.90 Å². The third-order valence-corrected chi connectivity index (χ3v) is 2.54. The highest BCUT2D eigenvalue weighted by Gasteiger charge is 2.08. The van der Waals surface area contributed by atoms with Crippen LogP contribution in [0.4, 0.5) is 5.82 Å². The van der Waals surface area contributed by atoms with Crippen molar-refractivity contribution in [2.24, 2.45) is 0 Å². The van der Waals surface area contributed by atoms with Crippen molar-refractivity contribution in [3.63, 3.8) is 0 Å². The van der Waals surface area contributed by atoms with Crippen molar-refractivity contribution in [1.82, 2.24) is 4.98 Å². The molecule has 1 rings (SSSR count). The van der Waals surface area contributed by atoms with Crippen LogP contribution in [0.5, 0.6) is 0 Å². The average molecular weight is 224 g/mol. The fourth-order valence-electron chi connectivity index (χ4n) is 1.65. The fourth-order valence-corrected chi connectivity index (χ4v) is 1.65. The van der Waals surface area contributed by atoms with Gasteiger partial charge in [0.2, 0.25) is 0 Å². The van der Waals surface area contributed by atoms with Gasteiger partial charge in [0, 0.05) is 18.8 Å². The highest BCUT2D eigenvalue weighted by atomic mass is 16.3. The number of aliphatic hydroxyl groups is 2. The monoisotopic (exact) mass is 224 g/mol. The van der Waals surface area contributed by atoms with Gasteiger partial charge in [0.15, 0.2) is 0 Å². The number of anilines is 1. The summed E-state index contributed by atoms with van der Waals surface area (Å²) in [6, 6.07) is 3.78. The molecular formula is C12H20N2O2. The molecule has 1 aromatic heterocycles. The molecule has 0 radical (unpaired) electrons. The summed E-state index contributed by atoms with van der Waals surface area (Å²) >= 11 is 0. The molecular weight excluding hydrogens is 204 g/mol. The number of rotatable bonds is 6. The van der Waals surface area contributed by atoms with Crippen LogP contribution >= 0.6 is 0 Å². The smallest absolute Gasteiger partial charge is 0.128 e. The van der Waals surface area contributed by atoms with Crippen molar-refractivity contribution >= 4 is 5.82 Å². The van der Waals surface area contributed by atoms with Crippen LogP contribution in [0.25, 0.3) is 0 Å². The second kappa shape index (κ2) is 6.45. The number of hydrogen-bond donors (Lipinski definition) is 2. The summed E-state index contributed by atoms with van der Waals surface area (Å²) in [4.78, 5) is 6.49. The van der Waals surface area contributed by atoms with Gasteiger partial charge >= 0.3 is 0 Å². The first kappa shape index (κ1) is 12.9. The molecule has 16 heavy (non-hydrogen) atoms. The number of aromatic nitrogens is 1. The third kappa shape index (κ3) is 3.18. The normalized spacial score (nSPS) is 10.5. The van der Waals surface area contributed by atoms with Crippen LogP contribution in [0.3, 0.4) is 0 Å². The van der Waals surface area contributed by atoms with Gasteiger partial charge in [-0.05, 0) is 25.0 Å². The Bertz CT molecular complexity index is 323. The largest absolute Gasteiger partial charge is 0.395 e. The van der Waals surface area contributed by atoms with Gasteiger partial charge in [-0.3, -0.25) is 0 Å². The Balaban J connectivity index is 2.87. The first-order valence-electron chi connectivity index (χ1n) is 5.66. The fraction of sp³-hybridized carbons (Fsp3) is 0.583. The predicted octanol–water partition coefficient (Wildman–Crippen LogP) is 1.09.